The van der Waals surface area contributed by atoms with Crippen LogP contribution in [-0.4, -0.2) is 0 Å². The highest BCUT2D eigenvalue weighted by Gasteiger charge is 2.10. The summed E-state index contributed by atoms with van der Waals surface area (Å²) in [5.74, 6) is 0.0568. The van der Waals surface area contributed by atoms with Crippen molar-refractivity contribution in [2.45, 2.75) is 26.2 Å². The Morgan fingerprint density at radius 3 is 2.68 bits per heavy atom. The van der Waals surface area contributed by atoms with Crippen LogP contribution < -0.4 is 0 Å². The topological polar surface area (TPSA) is 47.6 Å². The number of benzene rings is 2. The van der Waals surface area contributed by atoms with Crippen LogP contribution in [0.5, 0.6) is 0 Å². The molecule has 94 valence electrons. The largest absolute Gasteiger partial charge is 0.198 e. The van der Waals surface area contributed by atoms with Gasteiger partial charge in [0.15, 0.2) is 0 Å². The molecule has 1 unspecified atom stereocenters. The Bertz CT molecular complexity index is 659. The lowest BCUT2D eigenvalue weighted by atomic mass is 9.92. The summed E-state index contributed by atoms with van der Waals surface area (Å²) in [5, 5.41) is 20.4. The smallest absolute Gasteiger partial charge is 0.0991 e. The molecule has 0 saturated carbocycles. The molecule has 2 aromatic rings. The van der Waals surface area contributed by atoms with E-state index in [-0.39, 0.29) is 5.92 Å². The third-order valence-corrected chi connectivity index (χ3v) is 3.39. The number of nitriles is 2. The summed E-state index contributed by atoms with van der Waals surface area (Å²) in [7, 11) is 0. The van der Waals surface area contributed by atoms with Gasteiger partial charge in [-0.2, -0.15) is 10.5 Å². The van der Waals surface area contributed by atoms with Crippen molar-refractivity contribution >= 4 is 10.8 Å². The first-order valence-corrected chi connectivity index (χ1v) is 6.60. The van der Waals surface area contributed by atoms with Crippen LogP contribution in [0.4, 0.5) is 0 Å². The molecule has 0 heterocycles. The average molecular weight is 248 g/mol. The van der Waals surface area contributed by atoms with E-state index in [2.05, 4.69) is 25.1 Å². The molecule has 1 atom stereocenters. The highest BCUT2D eigenvalue weighted by Crippen LogP contribution is 2.24. The van der Waals surface area contributed by atoms with Crippen LogP contribution in [0.3, 0.4) is 0 Å². The zero-order chi connectivity index (χ0) is 13.7. The lowest BCUT2D eigenvalue weighted by Gasteiger charge is -2.10. The maximum atomic E-state index is 9.19. The van der Waals surface area contributed by atoms with Gasteiger partial charge in [0.25, 0.3) is 0 Å². The second-order valence-corrected chi connectivity index (χ2v) is 4.78. The van der Waals surface area contributed by atoms with Gasteiger partial charge in [-0.1, -0.05) is 37.6 Å². The molecule has 0 N–H and O–H groups in total. The highest BCUT2D eigenvalue weighted by molar-refractivity contribution is 5.87. The van der Waals surface area contributed by atoms with E-state index in [1.165, 1.54) is 0 Å². The summed E-state index contributed by atoms with van der Waals surface area (Å²) in [6, 6.07) is 16.4. The van der Waals surface area contributed by atoms with Gasteiger partial charge in [0.1, 0.15) is 0 Å². The van der Waals surface area contributed by atoms with Crippen molar-refractivity contribution in [3.05, 3.63) is 47.5 Å². The zero-order valence-electron chi connectivity index (χ0n) is 11.1. The fourth-order valence-electron chi connectivity index (χ4n) is 2.41. The first-order valence-electron chi connectivity index (χ1n) is 6.60. The van der Waals surface area contributed by atoms with Crippen molar-refractivity contribution < 1.29 is 0 Å². The van der Waals surface area contributed by atoms with Crippen LogP contribution in [0.1, 0.15) is 30.9 Å². The normalized spacial score (nSPS) is 11.7. The molecule has 2 heteroatoms. The molecule has 0 aliphatic rings. The quantitative estimate of drug-likeness (QED) is 0.814. The van der Waals surface area contributed by atoms with Crippen molar-refractivity contribution in [1.29, 1.82) is 10.5 Å². The van der Waals surface area contributed by atoms with Gasteiger partial charge < -0.3 is 0 Å². The first kappa shape index (κ1) is 13.1. The minimum atomic E-state index is 0.0568. The van der Waals surface area contributed by atoms with E-state index < -0.39 is 0 Å². The monoisotopic (exact) mass is 248 g/mol. The van der Waals surface area contributed by atoms with E-state index in [0.717, 1.165) is 35.6 Å². The second-order valence-electron chi connectivity index (χ2n) is 4.78. The third-order valence-electron chi connectivity index (χ3n) is 3.39. The summed E-state index contributed by atoms with van der Waals surface area (Å²) >= 11 is 0. The highest BCUT2D eigenvalue weighted by atomic mass is 14.3. The molecule has 0 fully saturated rings. The average Bonchev–Trinajstić information content (AvgIpc) is 2.46. The second kappa shape index (κ2) is 6.03. The molecule has 0 aromatic heterocycles. The molecule has 0 aliphatic carbocycles. The van der Waals surface area contributed by atoms with Crippen molar-refractivity contribution in [3.63, 3.8) is 0 Å². The van der Waals surface area contributed by atoms with Gasteiger partial charge in [0, 0.05) is 0 Å². The molecule has 19 heavy (non-hydrogen) atoms. The summed E-state index contributed by atoms with van der Waals surface area (Å²) in [5.41, 5.74) is 1.83. The number of fused-ring (bicyclic) bond motifs is 1. The fourth-order valence-corrected chi connectivity index (χ4v) is 2.41. The molecule has 0 spiro atoms. The third kappa shape index (κ3) is 2.92. The summed E-state index contributed by atoms with van der Waals surface area (Å²) in [6.07, 6.45) is 2.70. The van der Waals surface area contributed by atoms with Gasteiger partial charge >= 0.3 is 0 Å². The SMILES string of the molecule is CCCC(C#N)Cc1cccc2ccc(C#N)cc12. The maximum Gasteiger partial charge on any atom is 0.0991 e. The molecular formula is C17H16N2. The first-order chi connectivity index (χ1) is 9.28. The molecule has 2 rings (SSSR count). The van der Waals surface area contributed by atoms with E-state index in [1.807, 2.05) is 30.3 Å². The van der Waals surface area contributed by atoms with E-state index in [4.69, 9.17) is 5.26 Å². The van der Waals surface area contributed by atoms with Crippen LogP contribution >= 0.6 is 0 Å². The lowest BCUT2D eigenvalue weighted by Crippen LogP contribution is -2.02. The van der Waals surface area contributed by atoms with Crippen LogP contribution in [-0.2, 0) is 6.42 Å². The maximum absolute atomic E-state index is 9.19. The summed E-state index contributed by atoms with van der Waals surface area (Å²) in [6.45, 7) is 2.10. The Labute approximate surface area is 113 Å². The molecule has 0 radical (unpaired) electrons. The van der Waals surface area contributed by atoms with Crippen LogP contribution in [0, 0.1) is 28.6 Å². The molecule has 0 amide bonds. The molecular weight excluding hydrogens is 232 g/mol. The summed E-state index contributed by atoms with van der Waals surface area (Å²) in [4.78, 5) is 0. The van der Waals surface area contributed by atoms with Crippen LogP contribution in [0.15, 0.2) is 36.4 Å². The predicted octanol–water partition coefficient (Wildman–Crippen LogP) is 4.19. The Morgan fingerprint density at radius 2 is 2.00 bits per heavy atom. The van der Waals surface area contributed by atoms with Gasteiger partial charge in [0.05, 0.1) is 23.6 Å². The zero-order valence-corrected chi connectivity index (χ0v) is 11.1. The van der Waals surface area contributed by atoms with E-state index in [0.29, 0.717) is 5.56 Å². The van der Waals surface area contributed by atoms with Crippen LogP contribution in [0.25, 0.3) is 10.8 Å². The van der Waals surface area contributed by atoms with Crippen molar-refractivity contribution in [2.75, 3.05) is 0 Å². The van der Waals surface area contributed by atoms with E-state index in [9.17, 15) is 5.26 Å². The minimum absolute atomic E-state index is 0.0568. The summed E-state index contributed by atoms with van der Waals surface area (Å²) < 4.78 is 0. The van der Waals surface area contributed by atoms with Gasteiger partial charge in [0.2, 0.25) is 0 Å². The Morgan fingerprint density at radius 1 is 1.16 bits per heavy atom. The number of hydrogen-bond acceptors (Lipinski definition) is 2. The van der Waals surface area contributed by atoms with Gasteiger partial charge in [-0.25, -0.2) is 0 Å². The Balaban J connectivity index is 2.43. The molecule has 0 bridgehead atoms. The molecule has 0 aliphatic heterocycles. The number of nitrogens with zero attached hydrogens (tertiary/aromatic N) is 2. The van der Waals surface area contributed by atoms with Crippen molar-refractivity contribution in [1.82, 2.24) is 0 Å². The molecule has 2 nitrogen and oxygen atoms in total. The van der Waals surface area contributed by atoms with Crippen molar-refractivity contribution in [3.8, 4) is 12.1 Å². The van der Waals surface area contributed by atoms with E-state index in [1.54, 1.807) is 0 Å². The molecule has 2 aromatic carbocycles. The molecule has 0 saturated heterocycles. The number of hydrogen-bond donors (Lipinski definition) is 0. The fraction of sp³-hybridized carbons (Fsp3) is 0.294. The Hall–Kier alpha value is -2.32. The van der Waals surface area contributed by atoms with E-state index >= 15 is 0 Å². The van der Waals surface area contributed by atoms with Gasteiger partial charge in [-0.3, -0.25) is 0 Å². The standard InChI is InChI=1S/C17H16N2/c1-2-4-13(11-18)9-16-6-3-5-15-8-7-14(12-19)10-17(15)16/h3,5-8,10,13H,2,4,9H2,1H3. The van der Waals surface area contributed by atoms with Gasteiger partial charge in [-0.05, 0) is 41.3 Å². The Kier molecular flexibility index (Phi) is 4.16. The number of rotatable bonds is 4. The predicted molar refractivity (Wildman–Crippen MR) is 76.4 cm³/mol. The van der Waals surface area contributed by atoms with Crippen molar-refractivity contribution in [2.24, 2.45) is 5.92 Å². The minimum Gasteiger partial charge on any atom is -0.198 e. The lowest BCUT2D eigenvalue weighted by molar-refractivity contribution is 0.591. The van der Waals surface area contributed by atoms with Crippen LogP contribution in [0.2, 0.25) is 0 Å². The van der Waals surface area contributed by atoms with Gasteiger partial charge in [-0.15, -0.1) is 0 Å².